The Morgan fingerprint density at radius 1 is 1.33 bits per heavy atom. The molecule has 0 spiro atoms. The van der Waals surface area contributed by atoms with Gasteiger partial charge in [0.25, 0.3) is 0 Å². The van der Waals surface area contributed by atoms with Crippen LogP contribution in [0.15, 0.2) is 24.3 Å². The molecule has 1 aliphatic carbocycles. The number of carbonyl (C=O) groups excluding carboxylic acids is 1. The zero-order valence-electron chi connectivity index (χ0n) is 11.1. The van der Waals surface area contributed by atoms with Crippen LogP contribution in [-0.2, 0) is 17.8 Å². The van der Waals surface area contributed by atoms with Crippen LogP contribution in [-0.4, -0.2) is 24.4 Å². The summed E-state index contributed by atoms with van der Waals surface area (Å²) in [5.41, 5.74) is 7.82. The Morgan fingerprint density at radius 3 is 2.56 bits per heavy atom. The van der Waals surface area contributed by atoms with Crippen LogP contribution in [0.2, 0.25) is 0 Å². The van der Waals surface area contributed by atoms with E-state index in [-0.39, 0.29) is 5.91 Å². The summed E-state index contributed by atoms with van der Waals surface area (Å²) in [5.74, 6) is 0.923. The number of nitrogens with two attached hydrogens (primary N) is 1. The molecule has 2 rings (SSSR count). The second kappa shape index (κ2) is 6.01. The highest BCUT2D eigenvalue weighted by Gasteiger charge is 2.21. The lowest BCUT2D eigenvalue weighted by Gasteiger charge is -2.30. The number of hydrogen-bond acceptors (Lipinski definition) is 2. The minimum atomic E-state index is 0.197. The Hall–Kier alpha value is -1.35. The van der Waals surface area contributed by atoms with Crippen molar-refractivity contribution in [3.8, 4) is 0 Å². The zero-order valence-corrected chi connectivity index (χ0v) is 11.1. The number of nitrogens with zero attached hydrogens (tertiary/aromatic N) is 1. The molecular weight excluding hydrogens is 224 g/mol. The third-order valence-electron chi connectivity index (χ3n) is 3.86. The Kier molecular flexibility index (Phi) is 4.37. The molecule has 1 saturated carbocycles. The summed E-state index contributed by atoms with van der Waals surface area (Å²) in [6.07, 6.45) is 4.34. The van der Waals surface area contributed by atoms with Gasteiger partial charge in [-0.2, -0.15) is 0 Å². The topological polar surface area (TPSA) is 46.3 Å². The monoisotopic (exact) mass is 246 g/mol. The van der Waals surface area contributed by atoms with E-state index in [0.29, 0.717) is 13.0 Å². The summed E-state index contributed by atoms with van der Waals surface area (Å²) in [6.45, 7) is 1.40. The molecule has 98 valence electrons. The van der Waals surface area contributed by atoms with Crippen LogP contribution >= 0.6 is 0 Å². The van der Waals surface area contributed by atoms with Gasteiger partial charge in [-0.3, -0.25) is 4.79 Å². The van der Waals surface area contributed by atoms with Crippen molar-refractivity contribution in [3.63, 3.8) is 0 Å². The zero-order chi connectivity index (χ0) is 13.0. The molecule has 18 heavy (non-hydrogen) atoms. The number of hydrogen-bond donors (Lipinski definition) is 1. The molecule has 1 amide bonds. The number of carbonyl (C=O) groups is 1. The van der Waals surface area contributed by atoms with E-state index in [1.54, 1.807) is 0 Å². The Balaban J connectivity index is 1.92. The van der Waals surface area contributed by atoms with Crippen molar-refractivity contribution < 1.29 is 4.79 Å². The van der Waals surface area contributed by atoms with E-state index in [9.17, 15) is 4.79 Å². The first-order valence-electron chi connectivity index (χ1n) is 6.71. The fourth-order valence-corrected chi connectivity index (χ4v) is 2.39. The molecule has 1 aromatic carbocycles. The Morgan fingerprint density at radius 2 is 2.00 bits per heavy atom. The summed E-state index contributed by atoms with van der Waals surface area (Å²) in [4.78, 5) is 14.0. The van der Waals surface area contributed by atoms with Gasteiger partial charge in [0.15, 0.2) is 0 Å². The van der Waals surface area contributed by atoms with E-state index >= 15 is 0 Å². The largest absolute Gasteiger partial charge is 0.345 e. The van der Waals surface area contributed by atoms with Crippen molar-refractivity contribution in [1.82, 2.24) is 4.90 Å². The van der Waals surface area contributed by atoms with Gasteiger partial charge in [0, 0.05) is 20.1 Å². The summed E-state index contributed by atoms with van der Waals surface area (Å²) in [6, 6.07) is 7.92. The van der Waals surface area contributed by atoms with Crippen LogP contribution in [0, 0.1) is 5.92 Å². The van der Waals surface area contributed by atoms with Gasteiger partial charge in [0.1, 0.15) is 0 Å². The van der Waals surface area contributed by atoms with Crippen molar-refractivity contribution in [2.24, 2.45) is 11.7 Å². The van der Waals surface area contributed by atoms with Crippen LogP contribution in [0.3, 0.4) is 0 Å². The summed E-state index contributed by atoms with van der Waals surface area (Å²) >= 11 is 0. The molecule has 0 saturated heterocycles. The van der Waals surface area contributed by atoms with E-state index in [1.807, 2.05) is 36.2 Å². The molecule has 0 radical (unpaired) electrons. The van der Waals surface area contributed by atoms with E-state index in [4.69, 9.17) is 5.73 Å². The Labute approximate surface area is 109 Å². The van der Waals surface area contributed by atoms with Crippen molar-refractivity contribution in [3.05, 3.63) is 35.4 Å². The van der Waals surface area contributed by atoms with Crippen molar-refractivity contribution in [2.75, 3.05) is 13.6 Å². The molecule has 0 heterocycles. The summed E-state index contributed by atoms with van der Waals surface area (Å²) < 4.78 is 0. The highest BCUT2D eigenvalue weighted by Crippen LogP contribution is 2.26. The van der Waals surface area contributed by atoms with Crippen LogP contribution in [0.25, 0.3) is 0 Å². The molecule has 2 N–H and O–H groups in total. The van der Waals surface area contributed by atoms with Gasteiger partial charge < -0.3 is 10.6 Å². The van der Waals surface area contributed by atoms with Gasteiger partial charge in [-0.1, -0.05) is 30.7 Å². The molecule has 3 nitrogen and oxygen atoms in total. The number of likely N-dealkylation sites (N-methyl/N-ethyl adjacent to an activating group) is 1. The van der Waals surface area contributed by atoms with E-state index in [2.05, 4.69) is 0 Å². The predicted molar refractivity (Wildman–Crippen MR) is 73.0 cm³/mol. The maximum absolute atomic E-state index is 12.1. The van der Waals surface area contributed by atoms with Crippen molar-refractivity contribution >= 4 is 5.91 Å². The van der Waals surface area contributed by atoms with E-state index in [0.717, 1.165) is 23.6 Å². The van der Waals surface area contributed by atoms with Gasteiger partial charge >= 0.3 is 0 Å². The fraction of sp³-hybridized carbons (Fsp3) is 0.533. The number of rotatable bonds is 5. The average Bonchev–Trinajstić information content (AvgIpc) is 2.34. The van der Waals surface area contributed by atoms with Crippen LogP contribution in [0.5, 0.6) is 0 Å². The molecule has 0 atom stereocenters. The molecule has 0 aliphatic heterocycles. The number of benzene rings is 1. The minimum Gasteiger partial charge on any atom is -0.345 e. The lowest BCUT2D eigenvalue weighted by molar-refractivity contribution is -0.130. The summed E-state index contributed by atoms with van der Waals surface area (Å²) in [5, 5.41) is 0. The van der Waals surface area contributed by atoms with Gasteiger partial charge in [-0.05, 0) is 29.9 Å². The molecule has 0 aromatic heterocycles. The molecule has 1 aromatic rings. The molecule has 1 aliphatic rings. The lowest BCUT2D eigenvalue weighted by Crippen LogP contribution is -2.35. The van der Waals surface area contributed by atoms with Crippen LogP contribution in [0.1, 0.15) is 30.4 Å². The smallest absolute Gasteiger partial charge is 0.226 e. The first-order valence-corrected chi connectivity index (χ1v) is 6.71. The van der Waals surface area contributed by atoms with Crippen LogP contribution in [0.4, 0.5) is 0 Å². The number of amides is 1. The molecule has 0 unspecified atom stereocenters. The summed E-state index contributed by atoms with van der Waals surface area (Å²) in [7, 11) is 1.91. The molecule has 0 bridgehead atoms. The third kappa shape index (κ3) is 3.10. The maximum Gasteiger partial charge on any atom is 0.226 e. The first-order chi connectivity index (χ1) is 8.70. The standard InChI is InChI=1S/C15H22N2O/c1-17(11-12-5-4-6-12)15(18)9-13-7-2-3-8-14(13)10-16/h2-3,7-8,12H,4-6,9-11,16H2,1H3. The average molecular weight is 246 g/mol. The van der Waals surface area contributed by atoms with Crippen LogP contribution < -0.4 is 5.73 Å². The molecular formula is C15H22N2O. The highest BCUT2D eigenvalue weighted by atomic mass is 16.2. The predicted octanol–water partition coefficient (Wildman–Crippen LogP) is 1.95. The minimum absolute atomic E-state index is 0.197. The molecule has 3 heteroatoms. The SMILES string of the molecule is CN(CC1CCC1)C(=O)Cc1ccccc1CN. The van der Waals surface area contributed by atoms with Gasteiger partial charge in [-0.15, -0.1) is 0 Å². The van der Waals surface area contributed by atoms with Gasteiger partial charge in [0.05, 0.1) is 6.42 Å². The molecule has 1 fully saturated rings. The van der Waals surface area contributed by atoms with E-state index < -0.39 is 0 Å². The van der Waals surface area contributed by atoms with Gasteiger partial charge in [-0.25, -0.2) is 0 Å². The van der Waals surface area contributed by atoms with E-state index in [1.165, 1.54) is 19.3 Å². The second-order valence-corrected chi connectivity index (χ2v) is 5.22. The Bertz CT molecular complexity index is 413. The van der Waals surface area contributed by atoms with Crippen molar-refractivity contribution in [2.45, 2.75) is 32.2 Å². The van der Waals surface area contributed by atoms with Crippen molar-refractivity contribution in [1.29, 1.82) is 0 Å². The normalized spacial score (nSPS) is 15.2. The highest BCUT2D eigenvalue weighted by molar-refractivity contribution is 5.78. The fourth-order valence-electron chi connectivity index (χ4n) is 2.39. The van der Waals surface area contributed by atoms with Gasteiger partial charge in [0.2, 0.25) is 5.91 Å². The maximum atomic E-state index is 12.1. The lowest BCUT2D eigenvalue weighted by atomic mass is 9.85. The quantitative estimate of drug-likeness (QED) is 0.863. The third-order valence-corrected chi connectivity index (χ3v) is 3.86. The first kappa shape index (κ1) is 13.1. The second-order valence-electron chi connectivity index (χ2n) is 5.22.